The van der Waals surface area contributed by atoms with E-state index < -0.39 is 0 Å². The van der Waals surface area contributed by atoms with Crippen LogP contribution in [0.2, 0.25) is 0 Å². The highest BCUT2D eigenvalue weighted by Crippen LogP contribution is 2.24. The number of anilines is 1. The number of rotatable bonds is 5. The van der Waals surface area contributed by atoms with Crippen molar-refractivity contribution >= 4 is 22.6 Å². The molecule has 1 heterocycles. The van der Waals surface area contributed by atoms with E-state index in [2.05, 4.69) is 25.2 Å². The second-order valence-corrected chi connectivity index (χ2v) is 5.68. The minimum atomic E-state index is -0.0202. The minimum absolute atomic E-state index is 0.0202. The molecule has 1 aromatic heterocycles. The Morgan fingerprint density at radius 1 is 1.04 bits per heavy atom. The van der Waals surface area contributed by atoms with Gasteiger partial charge in [-0.15, -0.1) is 0 Å². The van der Waals surface area contributed by atoms with Crippen molar-refractivity contribution in [1.29, 1.82) is 0 Å². The molecule has 3 nitrogen and oxygen atoms in total. The van der Waals surface area contributed by atoms with Gasteiger partial charge in [0.2, 0.25) is 5.91 Å². The maximum Gasteiger partial charge on any atom is 0.228 e. The molecule has 3 rings (SSSR count). The fourth-order valence-corrected chi connectivity index (χ4v) is 2.80. The third kappa shape index (κ3) is 3.29. The molecule has 0 aliphatic heterocycles. The van der Waals surface area contributed by atoms with E-state index in [1.807, 2.05) is 36.4 Å². The summed E-state index contributed by atoms with van der Waals surface area (Å²) in [7, 11) is 0. The van der Waals surface area contributed by atoms with Crippen molar-refractivity contribution in [2.24, 2.45) is 0 Å². The lowest BCUT2D eigenvalue weighted by Crippen LogP contribution is -2.15. The molecule has 0 fully saturated rings. The van der Waals surface area contributed by atoms with Gasteiger partial charge in [-0.1, -0.05) is 44.2 Å². The standard InChI is InChI=1S/C20H21NO2/c1-3-14-9-10-17-16(13-23-19(17)11-14)12-20(22)21-18-8-6-5-7-15(18)4-2/h5-11,13H,3-4,12H2,1-2H3,(H,21,22). The molecule has 0 saturated heterocycles. The normalized spacial score (nSPS) is 10.9. The van der Waals surface area contributed by atoms with Gasteiger partial charge in [0.15, 0.2) is 0 Å². The summed E-state index contributed by atoms with van der Waals surface area (Å²) in [5, 5.41) is 4.02. The lowest BCUT2D eigenvalue weighted by atomic mass is 10.1. The van der Waals surface area contributed by atoms with Gasteiger partial charge in [-0.25, -0.2) is 0 Å². The van der Waals surface area contributed by atoms with E-state index >= 15 is 0 Å². The summed E-state index contributed by atoms with van der Waals surface area (Å²) in [6.45, 7) is 4.20. The summed E-state index contributed by atoms with van der Waals surface area (Å²) in [4.78, 5) is 12.4. The van der Waals surface area contributed by atoms with Gasteiger partial charge in [0.1, 0.15) is 5.58 Å². The highest BCUT2D eigenvalue weighted by molar-refractivity contribution is 5.95. The van der Waals surface area contributed by atoms with Crippen LogP contribution in [0.5, 0.6) is 0 Å². The van der Waals surface area contributed by atoms with Crippen molar-refractivity contribution in [1.82, 2.24) is 0 Å². The molecule has 0 aliphatic rings. The smallest absolute Gasteiger partial charge is 0.228 e. The molecule has 0 radical (unpaired) electrons. The van der Waals surface area contributed by atoms with E-state index in [0.29, 0.717) is 6.42 Å². The number of carbonyl (C=O) groups is 1. The number of para-hydroxylation sites is 1. The largest absolute Gasteiger partial charge is 0.464 e. The molecule has 23 heavy (non-hydrogen) atoms. The summed E-state index contributed by atoms with van der Waals surface area (Å²) in [5.41, 5.74) is 5.04. The van der Waals surface area contributed by atoms with E-state index in [-0.39, 0.29) is 5.91 Å². The number of aryl methyl sites for hydroxylation is 2. The zero-order valence-electron chi connectivity index (χ0n) is 13.6. The third-order valence-corrected chi connectivity index (χ3v) is 4.15. The molecule has 0 atom stereocenters. The van der Waals surface area contributed by atoms with Crippen LogP contribution in [0, 0.1) is 0 Å². The van der Waals surface area contributed by atoms with Gasteiger partial charge in [-0.2, -0.15) is 0 Å². The molecule has 3 heteroatoms. The maximum atomic E-state index is 12.4. The second-order valence-electron chi connectivity index (χ2n) is 5.68. The quantitative estimate of drug-likeness (QED) is 0.740. The SMILES string of the molecule is CCc1ccc2c(CC(=O)Nc3ccccc3CC)coc2c1. The van der Waals surface area contributed by atoms with Crippen molar-refractivity contribution in [2.75, 3.05) is 5.32 Å². The van der Waals surface area contributed by atoms with Gasteiger partial charge in [0, 0.05) is 16.6 Å². The lowest BCUT2D eigenvalue weighted by molar-refractivity contribution is -0.115. The minimum Gasteiger partial charge on any atom is -0.464 e. The molecule has 0 spiro atoms. The first kappa shape index (κ1) is 15.3. The molecular weight excluding hydrogens is 286 g/mol. The molecular formula is C20H21NO2. The van der Waals surface area contributed by atoms with Crippen LogP contribution in [-0.2, 0) is 24.1 Å². The number of amides is 1. The highest BCUT2D eigenvalue weighted by atomic mass is 16.3. The number of benzene rings is 2. The Morgan fingerprint density at radius 2 is 1.87 bits per heavy atom. The predicted octanol–water partition coefficient (Wildman–Crippen LogP) is 4.74. The first-order valence-electron chi connectivity index (χ1n) is 8.08. The molecule has 0 bridgehead atoms. The topological polar surface area (TPSA) is 42.2 Å². The monoisotopic (exact) mass is 307 g/mol. The Hall–Kier alpha value is -2.55. The van der Waals surface area contributed by atoms with E-state index in [1.54, 1.807) is 6.26 Å². The van der Waals surface area contributed by atoms with Crippen molar-refractivity contribution < 1.29 is 9.21 Å². The Bertz CT molecular complexity index is 833. The number of hydrogen-bond donors (Lipinski definition) is 1. The first-order chi connectivity index (χ1) is 11.2. The van der Waals surface area contributed by atoms with Gasteiger partial charge < -0.3 is 9.73 Å². The third-order valence-electron chi connectivity index (χ3n) is 4.15. The molecule has 118 valence electrons. The molecule has 1 amide bonds. The van der Waals surface area contributed by atoms with Crippen molar-refractivity contribution in [3.05, 3.63) is 65.4 Å². The van der Waals surface area contributed by atoms with Crippen LogP contribution >= 0.6 is 0 Å². The average Bonchev–Trinajstić information content (AvgIpc) is 2.97. The molecule has 0 aliphatic carbocycles. The maximum absolute atomic E-state index is 12.4. The van der Waals surface area contributed by atoms with E-state index in [9.17, 15) is 4.79 Å². The van der Waals surface area contributed by atoms with Crippen LogP contribution < -0.4 is 5.32 Å². The van der Waals surface area contributed by atoms with Crippen LogP contribution in [0.3, 0.4) is 0 Å². The zero-order valence-corrected chi connectivity index (χ0v) is 13.6. The van der Waals surface area contributed by atoms with Crippen LogP contribution in [0.1, 0.15) is 30.5 Å². The van der Waals surface area contributed by atoms with Crippen LogP contribution in [-0.4, -0.2) is 5.91 Å². The summed E-state index contributed by atoms with van der Waals surface area (Å²) in [6, 6.07) is 14.1. The molecule has 0 saturated carbocycles. The number of nitrogens with one attached hydrogen (secondary N) is 1. The van der Waals surface area contributed by atoms with Gasteiger partial charge in [-0.3, -0.25) is 4.79 Å². The summed E-state index contributed by atoms with van der Waals surface area (Å²) in [5.74, 6) is -0.0202. The number of fused-ring (bicyclic) bond motifs is 1. The van der Waals surface area contributed by atoms with Crippen LogP contribution in [0.4, 0.5) is 5.69 Å². The van der Waals surface area contributed by atoms with Gasteiger partial charge in [0.05, 0.1) is 12.7 Å². The molecule has 0 unspecified atom stereocenters. The van der Waals surface area contributed by atoms with E-state index in [1.165, 1.54) is 5.56 Å². The van der Waals surface area contributed by atoms with Gasteiger partial charge >= 0.3 is 0 Å². The van der Waals surface area contributed by atoms with Crippen molar-refractivity contribution in [3.63, 3.8) is 0 Å². The average molecular weight is 307 g/mol. The molecule has 3 aromatic rings. The van der Waals surface area contributed by atoms with Gasteiger partial charge in [-0.05, 0) is 36.1 Å². The first-order valence-corrected chi connectivity index (χ1v) is 8.08. The fraction of sp³-hybridized carbons (Fsp3) is 0.250. The van der Waals surface area contributed by atoms with Crippen LogP contribution in [0.15, 0.2) is 53.1 Å². The summed E-state index contributed by atoms with van der Waals surface area (Å²) >= 11 is 0. The molecule has 2 aromatic carbocycles. The Balaban J connectivity index is 1.78. The van der Waals surface area contributed by atoms with Crippen molar-refractivity contribution in [2.45, 2.75) is 33.1 Å². The second kappa shape index (κ2) is 6.69. The number of furan rings is 1. The summed E-state index contributed by atoms with van der Waals surface area (Å²) in [6.07, 6.45) is 3.87. The van der Waals surface area contributed by atoms with Crippen molar-refractivity contribution in [3.8, 4) is 0 Å². The fourth-order valence-electron chi connectivity index (χ4n) is 2.80. The molecule has 1 N–H and O–H groups in total. The summed E-state index contributed by atoms with van der Waals surface area (Å²) < 4.78 is 5.61. The zero-order chi connectivity index (χ0) is 16.2. The van der Waals surface area contributed by atoms with Gasteiger partial charge in [0.25, 0.3) is 0 Å². The predicted molar refractivity (Wildman–Crippen MR) is 93.7 cm³/mol. The van der Waals surface area contributed by atoms with E-state index in [0.717, 1.165) is 40.6 Å². The Kier molecular flexibility index (Phi) is 4.47. The highest BCUT2D eigenvalue weighted by Gasteiger charge is 2.12. The van der Waals surface area contributed by atoms with Crippen LogP contribution in [0.25, 0.3) is 11.0 Å². The van der Waals surface area contributed by atoms with E-state index in [4.69, 9.17) is 4.42 Å². The number of hydrogen-bond acceptors (Lipinski definition) is 2. The Morgan fingerprint density at radius 3 is 2.65 bits per heavy atom. The lowest BCUT2D eigenvalue weighted by Gasteiger charge is -2.09. The Labute approximate surface area is 136 Å². The number of carbonyl (C=O) groups excluding carboxylic acids is 1.